The lowest BCUT2D eigenvalue weighted by atomic mass is 9.90. The van der Waals surface area contributed by atoms with E-state index in [0.29, 0.717) is 0 Å². The van der Waals surface area contributed by atoms with E-state index in [0.717, 1.165) is 0 Å². The number of hydrogen-bond acceptors (Lipinski definition) is 0. The van der Waals surface area contributed by atoms with Gasteiger partial charge in [0.15, 0.2) is 6.20 Å². The lowest BCUT2D eigenvalue weighted by Gasteiger charge is -2.20. The van der Waals surface area contributed by atoms with Crippen molar-refractivity contribution in [3.8, 4) is 22.5 Å². The normalized spacial score (nSPS) is 17.7. The maximum Gasteiger partial charge on any atom is 0.418 e. The van der Waals surface area contributed by atoms with Gasteiger partial charge >= 0.3 is 5.66 Å². The summed E-state index contributed by atoms with van der Waals surface area (Å²) in [5, 5.41) is 2.74. The van der Waals surface area contributed by atoms with Crippen LogP contribution in [-0.4, -0.2) is 8.07 Å². The zero-order valence-corrected chi connectivity index (χ0v) is 20.2. The maximum atomic E-state index is 2.59. The van der Waals surface area contributed by atoms with E-state index < -0.39 is 13.7 Å². The summed E-state index contributed by atoms with van der Waals surface area (Å²) in [5.41, 5.74) is 8.73. The van der Waals surface area contributed by atoms with Gasteiger partial charge in [0, 0.05) is 28.8 Å². The summed E-state index contributed by atoms with van der Waals surface area (Å²) < 4.78 is 5.17. The average Bonchev–Trinajstić information content (AvgIpc) is 3.30. The minimum absolute atomic E-state index is 0.436. The van der Waals surface area contributed by atoms with Crippen LogP contribution in [0.25, 0.3) is 33.4 Å². The van der Waals surface area contributed by atoms with Gasteiger partial charge in [-0.1, -0.05) is 62.1 Å². The van der Waals surface area contributed by atoms with Crippen LogP contribution in [0.4, 0.5) is 0 Å². The van der Waals surface area contributed by atoms with Crippen molar-refractivity contribution in [1.29, 1.82) is 0 Å². The van der Waals surface area contributed by atoms with Crippen molar-refractivity contribution >= 4 is 24.2 Å². The van der Waals surface area contributed by atoms with Gasteiger partial charge in [-0.25, -0.2) is 0 Å². The van der Waals surface area contributed by atoms with Crippen LogP contribution in [0.15, 0.2) is 103 Å². The summed E-state index contributed by atoms with van der Waals surface area (Å²) in [6.45, 7) is 7.30. The third-order valence-corrected chi connectivity index (χ3v) is 9.51. The highest BCUT2D eigenvalue weighted by Crippen LogP contribution is 2.47. The summed E-state index contributed by atoms with van der Waals surface area (Å²) in [7, 11) is -1.51. The minimum atomic E-state index is -1.51. The van der Waals surface area contributed by atoms with Crippen LogP contribution in [0.5, 0.6) is 0 Å². The number of hydrogen-bond donors (Lipinski definition) is 0. The molecule has 0 saturated carbocycles. The number of nitrogens with zero attached hydrogens (tertiary/aromatic N) is 2. The highest BCUT2D eigenvalue weighted by Gasteiger charge is 2.67. The second-order valence-electron chi connectivity index (χ2n) is 10.3. The molecule has 0 N–H and O–H groups in total. The van der Waals surface area contributed by atoms with Crippen molar-refractivity contribution in [2.24, 2.45) is 0 Å². The molecule has 0 radical (unpaired) electrons. The molecule has 3 aromatic carbocycles. The first-order valence-electron chi connectivity index (χ1n) is 11.7. The molecule has 0 bridgehead atoms. The summed E-state index contributed by atoms with van der Waals surface area (Å²) in [5.74, 6) is 0. The van der Waals surface area contributed by atoms with E-state index in [4.69, 9.17) is 0 Å². The van der Waals surface area contributed by atoms with Crippen LogP contribution in [0, 0.1) is 0 Å². The van der Waals surface area contributed by atoms with Crippen molar-refractivity contribution in [2.45, 2.75) is 25.3 Å². The molecule has 1 spiro atoms. The largest absolute Gasteiger partial charge is 0.418 e. The molecule has 2 aliphatic heterocycles. The number of aromatic nitrogens is 2. The molecule has 0 saturated heterocycles. The summed E-state index contributed by atoms with van der Waals surface area (Å²) in [6, 6.07) is 36.1. The number of benzene rings is 3. The summed E-state index contributed by atoms with van der Waals surface area (Å²) >= 11 is 0. The zero-order valence-electron chi connectivity index (χ0n) is 19.2. The molecule has 2 aliphatic rings. The fourth-order valence-corrected chi connectivity index (χ4v) is 7.07. The fourth-order valence-electron chi connectivity index (χ4n) is 5.97. The van der Waals surface area contributed by atoms with E-state index in [1.165, 1.54) is 49.7 Å². The Labute approximate surface area is 195 Å². The average molecular weight is 443 g/mol. The Morgan fingerprint density at radius 1 is 0.606 bits per heavy atom. The van der Waals surface area contributed by atoms with E-state index in [-0.39, 0.29) is 0 Å². The minimum Gasteiger partial charge on any atom is -0.126 e. The van der Waals surface area contributed by atoms with Gasteiger partial charge in [0.1, 0.15) is 11.1 Å². The molecule has 2 aromatic heterocycles. The smallest absolute Gasteiger partial charge is 0.126 e. The lowest BCUT2D eigenvalue weighted by Crippen LogP contribution is -2.72. The third kappa shape index (κ3) is 2.28. The van der Waals surface area contributed by atoms with Crippen molar-refractivity contribution in [3.63, 3.8) is 0 Å². The van der Waals surface area contributed by atoms with Gasteiger partial charge in [-0.3, -0.25) is 0 Å². The Morgan fingerprint density at radius 2 is 1.21 bits per heavy atom. The van der Waals surface area contributed by atoms with Gasteiger partial charge in [0.25, 0.3) is 0 Å². The van der Waals surface area contributed by atoms with Crippen LogP contribution in [0.2, 0.25) is 19.6 Å². The van der Waals surface area contributed by atoms with Gasteiger partial charge in [-0.2, -0.15) is 0 Å². The predicted octanol–water partition coefficient (Wildman–Crippen LogP) is 5.22. The first kappa shape index (κ1) is 19.0. The monoisotopic (exact) mass is 442 g/mol. The molecular formula is C30H26N2Si+2. The fraction of sp³-hybridized carbons (Fsp3) is 0.133. The highest BCUT2D eigenvalue weighted by atomic mass is 28.3. The number of pyridine rings is 2. The Kier molecular flexibility index (Phi) is 3.60. The second-order valence-corrected chi connectivity index (χ2v) is 15.4. The number of rotatable bonds is 1. The van der Waals surface area contributed by atoms with Gasteiger partial charge in [-0.15, -0.1) is 9.13 Å². The van der Waals surface area contributed by atoms with E-state index in [9.17, 15) is 0 Å². The first-order chi connectivity index (χ1) is 16.0. The standard InChI is InChI=1S/C30H26N2Si/c1-33(2,3)22-17-19-28-23-11-5-7-13-25(23)30(31(28)20-22)26-14-8-6-12-24(26)29-18-16-21-10-4-9-15-27(21)32(29)30/h4-20H,1-3H3/q+2. The van der Waals surface area contributed by atoms with E-state index in [1.54, 1.807) is 0 Å². The van der Waals surface area contributed by atoms with Crippen molar-refractivity contribution < 1.29 is 9.13 Å². The van der Waals surface area contributed by atoms with Crippen LogP contribution in [-0.2, 0) is 5.66 Å². The quantitative estimate of drug-likeness (QED) is 0.243. The lowest BCUT2D eigenvalue weighted by molar-refractivity contribution is -0.944. The van der Waals surface area contributed by atoms with E-state index in [2.05, 4.69) is 132 Å². The second kappa shape index (κ2) is 6.27. The Morgan fingerprint density at radius 3 is 1.94 bits per heavy atom. The summed E-state index contributed by atoms with van der Waals surface area (Å²) in [4.78, 5) is 0. The molecule has 5 aromatic rings. The van der Waals surface area contributed by atoms with Crippen molar-refractivity contribution in [3.05, 3.63) is 114 Å². The SMILES string of the molecule is C[Si](C)(C)c1ccc2[n+](c1)C1(c3ccccc3-2)c2ccccc2-c2ccc3ccccc3[n+]21. The Hall–Kier alpha value is -3.56. The molecule has 2 nitrogen and oxygen atoms in total. The number of fused-ring (bicyclic) bond motifs is 12. The van der Waals surface area contributed by atoms with Gasteiger partial charge in [0.05, 0.1) is 19.2 Å². The van der Waals surface area contributed by atoms with E-state index in [1.807, 2.05) is 0 Å². The molecule has 4 heterocycles. The molecule has 158 valence electrons. The Bertz CT molecular complexity index is 1600. The maximum absolute atomic E-state index is 2.59. The number of para-hydroxylation sites is 1. The highest BCUT2D eigenvalue weighted by molar-refractivity contribution is 6.88. The van der Waals surface area contributed by atoms with Crippen molar-refractivity contribution in [2.75, 3.05) is 0 Å². The molecule has 3 heteroatoms. The molecular weight excluding hydrogens is 416 g/mol. The molecule has 0 fully saturated rings. The zero-order chi connectivity index (χ0) is 22.4. The van der Waals surface area contributed by atoms with E-state index >= 15 is 0 Å². The molecule has 0 aliphatic carbocycles. The predicted molar refractivity (Wildman–Crippen MR) is 136 cm³/mol. The molecule has 1 atom stereocenters. The van der Waals surface area contributed by atoms with Crippen molar-refractivity contribution in [1.82, 2.24) is 0 Å². The summed E-state index contributed by atoms with van der Waals surface area (Å²) in [6.07, 6.45) is 2.46. The van der Waals surface area contributed by atoms with Crippen LogP contribution >= 0.6 is 0 Å². The van der Waals surface area contributed by atoms with Gasteiger partial charge in [-0.05, 0) is 36.4 Å². The topological polar surface area (TPSA) is 7.76 Å². The molecule has 0 amide bonds. The Balaban J connectivity index is 1.74. The third-order valence-electron chi connectivity index (χ3n) is 7.48. The van der Waals surface area contributed by atoms with Crippen LogP contribution < -0.4 is 14.3 Å². The van der Waals surface area contributed by atoms with Crippen LogP contribution in [0.1, 0.15) is 11.1 Å². The van der Waals surface area contributed by atoms with Gasteiger partial charge in [0.2, 0.25) is 16.9 Å². The molecule has 1 unspecified atom stereocenters. The molecule has 7 rings (SSSR count). The van der Waals surface area contributed by atoms with Crippen LogP contribution in [0.3, 0.4) is 0 Å². The molecule has 33 heavy (non-hydrogen) atoms. The first-order valence-corrected chi connectivity index (χ1v) is 15.2. The van der Waals surface area contributed by atoms with Gasteiger partial charge < -0.3 is 0 Å².